The third kappa shape index (κ3) is 4.92. The summed E-state index contributed by atoms with van der Waals surface area (Å²) in [6, 6.07) is 66.9. The van der Waals surface area contributed by atoms with Gasteiger partial charge in [0.1, 0.15) is 11.2 Å². The Kier molecular flexibility index (Phi) is 6.84. The number of hydrogen-bond donors (Lipinski definition) is 0. The van der Waals surface area contributed by atoms with Crippen LogP contribution in [-0.2, 0) is 0 Å². The van der Waals surface area contributed by atoms with Crippen LogP contribution in [0.2, 0.25) is 0 Å². The standard InChI is InChI=1S/C46H31NO/c1-4-12-32(13-5-1)34-20-24-39(25-21-34)47(40-26-22-35(23-27-40)33-14-6-2-7-15-33)46-41(36-16-8-3-9-17-36)28-29-43-45(46)42-30-37-18-10-11-19-38(37)31-44(42)48-43/h1-31H. The van der Waals surface area contributed by atoms with E-state index in [0.717, 1.165) is 50.1 Å². The Morgan fingerprint density at radius 3 is 1.35 bits per heavy atom. The van der Waals surface area contributed by atoms with E-state index in [4.69, 9.17) is 4.42 Å². The van der Waals surface area contributed by atoms with Crippen LogP contribution in [0.1, 0.15) is 0 Å². The quantitative estimate of drug-likeness (QED) is 0.185. The van der Waals surface area contributed by atoms with Crippen LogP contribution >= 0.6 is 0 Å². The molecule has 8 aromatic carbocycles. The molecule has 2 nitrogen and oxygen atoms in total. The van der Waals surface area contributed by atoms with E-state index >= 15 is 0 Å². The van der Waals surface area contributed by atoms with Crippen LogP contribution in [-0.4, -0.2) is 0 Å². The number of benzene rings is 8. The average Bonchev–Trinajstić information content (AvgIpc) is 3.53. The van der Waals surface area contributed by atoms with E-state index in [2.05, 4.69) is 193 Å². The van der Waals surface area contributed by atoms with Crippen LogP contribution in [0.3, 0.4) is 0 Å². The fraction of sp³-hybridized carbons (Fsp3) is 0. The highest BCUT2D eigenvalue weighted by atomic mass is 16.3. The van der Waals surface area contributed by atoms with Gasteiger partial charge in [-0.1, -0.05) is 140 Å². The fourth-order valence-electron chi connectivity index (χ4n) is 6.89. The average molecular weight is 614 g/mol. The van der Waals surface area contributed by atoms with Gasteiger partial charge in [-0.05, 0) is 87.1 Å². The predicted octanol–water partition coefficient (Wildman–Crippen LogP) is 13.2. The maximum Gasteiger partial charge on any atom is 0.137 e. The molecule has 0 unspecified atom stereocenters. The second-order valence-corrected chi connectivity index (χ2v) is 12.2. The highest BCUT2D eigenvalue weighted by Gasteiger charge is 2.24. The lowest BCUT2D eigenvalue weighted by molar-refractivity contribution is 0.669. The first-order valence-electron chi connectivity index (χ1n) is 16.3. The van der Waals surface area contributed by atoms with Gasteiger partial charge in [0.2, 0.25) is 0 Å². The van der Waals surface area contributed by atoms with E-state index in [1.165, 1.54) is 33.0 Å². The first-order valence-corrected chi connectivity index (χ1v) is 16.3. The minimum absolute atomic E-state index is 0.863. The summed E-state index contributed by atoms with van der Waals surface area (Å²) >= 11 is 0. The van der Waals surface area contributed by atoms with Crippen molar-refractivity contribution in [1.82, 2.24) is 0 Å². The summed E-state index contributed by atoms with van der Waals surface area (Å²) in [5, 5.41) is 4.55. The van der Waals surface area contributed by atoms with Gasteiger partial charge in [-0.3, -0.25) is 0 Å². The van der Waals surface area contributed by atoms with Crippen LogP contribution < -0.4 is 4.90 Å². The molecule has 2 heteroatoms. The Labute approximate surface area is 279 Å². The molecule has 0 saturated carbocycles. The Hall–Kier alpha value is -6.38. The molecule has 1 heterocycles. The molecule has 0 fully saturated rings. The second kappa shape index (κ2) is 11.8. The monoisotopic (exact) mass is 613 g/mol. The molecule has 0 N–H and O–H groups in total. The summed E-state index contributed by atoms with van der Waals surface area (Å²) in [7, 11) is 0. The van der Waals surface area contributed by atoms with Gasteiger partial charge >= 0.3 is 0 Å². The summed E-state index contributed by atoms with van der Waals surface area (Å²) < 4.78 is 6.64. The molecule has 0 aliphatic heterocycles. The Balaban J connectivity index is 1.33. The molecule has 0 aliphatic carbocycles. The lowest BCUT2D eigenvalue weighted by Crippen LogP contribution is -2.11. The maximum atomic E-state index is 6.64. The number of nitrogens with zero attached hydrogens (tertiary/aromatic N) is 1. The van der Waals surface area contributed by atoms with Gasteiger partial charge < -0.3 is 9.32 Å². The summed E-state index contributed by atoms with van der Waals surface area (Å²) in [6.07, 6.45) is 0. The van der Waals surface area contributed by atoms with Crippen LogP contribution in [0.15, 0.2) is 192 Å². The van der Waals surface area contributed by atoms with Crippen molar-refractivity contribution in [2.75, 3.05) is 4.90 Å². The van der Waals surface area contributed by atoms with Crippen molar-refractivity contribution >= 4 is 49.8 Å². The van der Waals surface area contributed by atoms with Gasteiger partial charge in [-0.2, -0.15) is 0 Å². The van der Waals surface area contributed by atoms with E-state index < -0.39 is 0 Å². The Morgan fingerprint density at radius 1 is 0.354 bits per heavy atom. The number of furan rings is 1. The number of hydrogen-bond acceptors (Lipinski definition) is 2. The lowest BCUT2D eigenvalue weighted by atomic mass is 9.96. The summed E-state index contributed by atoms with van der Waals surface area (Å²) in [5.74, 6) is 0. The van der Waals surface area contributed by atoms with Crippen LogP contribution in [0.25, 0.3) is 66.1 Å². The van der Waals surface area contributed by atoms with Gasteiger partial charge in [0, 0.05) is 22.3 Å². The molecule has 226 valence electrons. The number of rotatable bonds is 6. The SMILES string of the molecule is c1ccc(-c2ccc(N(c3ccc(-c4ccccc4)cc3)c3c(-c4ccccc4)ccc4oc5cc6ccccc6cc5c34)cc2)cc1. The van der Waals surface area contributed by atoms with E-state index in [1.54, 1.807) is 0 Å². The van der Waals surface area contributed by atoms with Crippen LogP contribution in [0.4, 0.5) is 17.1 Å². The van der Waals surface area contributed by atoms with Crippen molar-refractivity contribution in [2.24, 2.45) is 0 Å². The molecular formula is C46H31NO. The third-order valence-corrected chi connectivity index (χ3v) is 9.25. The highest BCUT2D eigenvalue weighted by Crippen LogP contribution is 2.49. The van der Waals surface area contributed by atoms with Gasteiger partial charge in [-0.15, -0.1) is 0 Å². The summed E-state index contributed by atoms with van der Waals surface area (Å²) in [5.41, 5.74) is 12.0. The second-order valence-electron chi connectivity index (χ2n) is 12.2. The predicted molar refractivity (Wildman–Crippen MR) is 202 cm³/mol. The summed E-state index contributed by atoms with van der Waals surface area (Å²) in [4.78, 5) is 2.40. The molecule has 0 radical (unpaired) electrons. The van der Waals surface area contributed by atoms with Crippen molar-refractivity contribution in [3.05, 3.63) is 188 Å². The van der Waals surface area contributed by atoms with Crippen LogP contribution in [0.5, 0.6) is 0 Å². The zero-order valence-electron chi connectivity index (χ0n) is 26.3. The molecule has 1 aromatic heterocycles. The van der Waals surface area contributed by atoms with Gasteiger partial charge in [0.15, 0.2) is 0 Å². The van der Waals surface area contributed by atoms with E-state index in [-0.39, 0.29) is 0 Å². The van der Waals surface area contributed by atoms with Gasteiger partial charge in [0.25, 0.3) is 0 Å². The first kappa shape index (κ1) is 27.9. The minimum Gasteiger partial charge on any atom is -0.456 e. The zero-order valence-corrected chi connectivity index (χ0v) is 26.3. The third-order valence-electron chi connectivity index (χ3n) is 9.25. The number of fused-ring (bicyclic) bond motifs is 4. The molecule has 0 saturated heterocycles. The van der Waals surface area contributed by atoms with Crippen molar-refractivity contribution < 1.29 is 4.42 Å². The molecule has 9 aromatic rings. The molecule has 0 bridgehead atoms. The van der Waals surface area contributed by atoms with Crippen molar-refractivity contribution in [3.8, 4) is 33.4 Å². The molecule has 0 atom stereocenters. The van der Waals surface area contributed by atoms with Crippen LogP contribution in [0, 0.1) is 0 Å². The van der Waals surface area contributed by atoms with Crippen molar-refractivity contribution in [1.29, 1.82) is 0 Å². The molecule has 9 rings (SSSR count). The smallest absolute Gasteiger partial charge is 0.137 e. The van der Waals surface area contributed by atoms with Gasteiger partial charge in [-0.25, -0.2) is 0 Å². The molecule has 0 amide bonds. The summed E-state index contributed by atoms with van der Waals surface area (Å²) in [6.45, 7) is 0. The lowest BCUT2D eigenvalue weighted by Gasteiger charge is -2.29. The largest absolute Gasteiger partial charge is 0.456 e. The number of anilines is 3. The van der Waals surface area contributed by atoms with Gasteiger partial charge in [0.05, 0.1) is 11.1 Å². The van der Waals surface area contributed by atoms with Crippen molar-refractivity contribution in [2.45, 2.75) is 0 Å². The topological polar surface area (TPSA) is 16.4 Å². The Morgan fingerprint density at radius 2 is 0.812 bits per heavy atom. The minimum atomic E-state index is 0.863. The normalized spacial score (nSPS) is 11.3. The highest BCUT2D eigenvalue weighted by molar-refractivity contribution is 6.19. The van der Waals surface area contributed by atoms with Crippen molar-refractivity contribution in [3.63, 3.8) is 0 Å². The van der Waals surface area contributed by atoms with E-state index in [0.29, 0.717) is 0 Å². The van der Waals surface area contributed by atoms with E-state index in [9.17, 15) is 0 Å². The maximum absolute atomic E-state index is 6.64. The first-order chi connectivity index (χ1) is 23.8. The zero-order chi connectivity index (χ0) is 31.9. The molecule has 0 aliphatic rings. The fourth-order valence-corrected chi connectivity index (χ4v) is 6.89. The van der Waals surface area contributed by atoms with E-state index in [1.807, 2.05) is 0 Å². The molecule has 0 spiro atoms. The molecule has 48 heavy (non-hydrogen) atoms. The Bertz CT molecular complexity index is 2430. The molecular weight excluding hydrogens is 583 g/mol.